The molecule has 1 aliphatic heterocycles. The predicted molar refractivity (Wildman–Crippen MR) is 105 cm³/mol. The standard InChI is InChI=1S/C19H31N5OS/c1-14-5-7-15(8-6-14)22(2)17(25)13-26-19-21-20-18(23-11-3-4-12-23)24(19)16-9-10-16/h14-16H,3-13H2,1-2H3. The largest absolute Gasteiger partial charge is 0.342 e. The molecule has 3 aliphatic rings. The highest BCUT2D eigenvalue weighted by Crippen LogP contribution is 2.41. The zero-order chi connectivity index (χ0) is 18.1. The Morgan fingerprint density at radius 2 is 1.81 bits per heavy atom. The van der Waals surface area contributed by atoms with Gasteiger partial charge in [0.2, 0.25) is 11.9 Å². The van der Waals surface area contributed by atoms with Gasteiger partial charge in [-0.1, -0.05) is 18.7 Å². The van der Waals surface area contributed by atoms with Gasteiger partial charge in [0, 0.05) is 32.2 Å². The fraction of sp³-hybridized carbons (Fsp3) is 0.842. The van der Waals surface area contributed by atoms with Crippen LogP contribution in [-0.2, 0) is 4.79 Å². The highest BCUT2D eigenvalue weighted by molar-refractivity contribution is 7.99. The van der Waals surface area contributed by atoms with Crippen LogP contribution in [0.15, 0.2) is 5.16 Å². The second kappa shape index (κ2) is 7.79. The first-order valence-electron chi connectivity index (χ1n) is 10.2. The van der Waals surface area contributed by atoms with E-state index in [1.165, 1.54) is 38.5 Å². The number of amides is 1. The Morgan fingerprint density at radius 3 is 2.46 bits per heavy atom. The molecule has 0 N–H and O–H groups in total. The molecule has 0 bridgehead atoms. The summed E-state index contributed by atoms with van der Waals surface area (Å²) in [5.41, 5.74) is 0. The highest BCUT2D eigenvalue weighted by Gasteiger charge is 2.33. The predicted octanol–water partition coefficient (Wildman–Crippen LogP) is 3.34. The Kier molecular flexibility index (Phi) is 5.43. The lowest BCUT2D eigenvalue weighted by atomic mass is 9.87. The summed E-state index contributed by atoms with van der Waals surface area (Å²) in [4.78, 5) is 17.0. The number of hydrogen-bond donors (Lipinski definition) is 0. The lowest BCUT2D eigenvalue weighted by Gasteiger charge is -2.33. The van der Waals surface area contributed by atoms with Gasteiger partial charge >= 0.3 is 0 Å². The van der Waals surface area contributed by atoms with Gasteiger partial charge in [-0.15, -0.1) is 10.2 Å². The third kappa shape index (κ3) is 3.87. The monoisotopic (exact) mass is 377 g/mol. The third-order valence-electron chi connectivity index (χ3n) is 6.20. The number of aromatic nitrogens is 3. The smallest absolute Gasteiger partial charge is 0.233 e. The third-order valence-corrected chi connectivity index (χ3v) is 7.13. The molecule has 1 aromatic heterocycles. The Labute approximate surface area is 160 Å². The summed E-state index contributed by atoms with van der Waals surface area (Å²) in [5, 5.41) is 9.84. The normalized spacial score (nSPS) is 26.3. The molecular weight excluding hydrogens is 346 g/mol. The molecule has 2 heterocycles. The van der Waals surface area contributed by atoms with Crippen molar-refractivity contribution in [2.45, 2.75) is 75.5 Å². The number of rotatable bonds is 6. The molecule has 0 unspecified atom stereocenters. The van der Waals surface area contributed by atoms with Gasteiger partial charge in [-0.05, 0) is 57.3 Å². The minimum atomic E-state index is 0.225. The van der Waals surface area contributed by atoms with E-state index >= 15 is 0 Å². The fourth-order valence-electron chi connectivity index (χ4n) is 4.21. The van der Waals surface area contributed by atoms with Gasteiger partial charge in [-0.3, -0.25) is 9.36 Å². The number of anilines is 1. The van der Waals surface area contributed by atoms with Crippen molar-refractivity contribution in [3.05, 3.63) is 0 Å². The summed E-state index contributed by atoms with van der Waals surface area (Å²) in [7, 11) is 1.98. The molecular formula is C19H31N5OS. The molecule has 0 spiro atoms. The molecule has 4 rings (SSSR count). The van der Waals surface area contributed by atoms with Crippen LogP contribution in [0.2, 0.25) is 0 Å². The van der Waals surface area contributed by atoms with Crippen molar-refractivity contribution < 1.29 is 4.79 Å². The fourth-order valence-corrected chi connectivity index (χ4v) is 5.14. The molecule has 7 heteroatoms. The molecule has 2 saturated carbocycles. The van der Waals surface area contributed by atoms with E-state index in [2.05, 4.69) is 26.6 Å². The summed E-state index contributed by atoms with van der Waals surface area (Å²) < 4.78 is 2.30. The van der Waals surface area contributed by atoms with Crippen LogP contribution < -0.4 is 4.90 Å². The van der Waals surface area contributed by atoms with Crippen LogP contribution in [0, 0.1) is 5.92 Å². The summed E-state index contributed by atoms with van der Waals surface area (Å²) >= 11 is 1.57. The number of nitrogens with zero attached hydrogens (tertiary/aromatic N) is 5. The van der Waals surface area contributed by atoms with E-state index in [-0.39, 0.29) is 5.91 Å². The van der Waals surface area contributed by atoms with Crippen LogP contribution in [0.4, 0.5) is 5.95 Å². The molecule has 26 heavy (non-hydrogen) atoms. The zero-order valence-electron chi connectivity index (χ0n) is 16.1. The Balaban J connectivity index is 1.37. The first-order chi connectivity index (χ1) is 12.6. The summed E-state index contributed by atoms with van der Waals surface area (Å²) in [6, 6.07) is 0.955. The van der Waals surface area contributed by atoms with Crippen molar-refractivity contribution in [1.82, 2.24) is 19.7 Å². The molecule has 144 valence electrons. The van der Waals surface area contributed by atoms with E-state index < -0.39 is 0 Å². The second-order valence-corrected chi connectivity index (χ2v) is 9.23. The van der Waals surface area contributed by atoms with Crippen molar-refractivity contribution in [3.8, 4) is 0 Å². The quantitative estimate of drug-likeness (QED) is 0.712. The number of carbonyl (C=O) groups is 1. The first-order valence-corrected chi connectivity index (χ1v) is 11.2. The number of thioether (sulfide) groups is 1. The van der Waals surface area contributed by atoms with E-state index in [1.54, 1.807) is 11.8 Å². The zero-order valence-corrected chi connectivity index (χ0v) is 16.9. The van der Waals surface area contributed by atoms with Crippen LogP contribution in [0.5, 0.6) is 0 Å². The maximum absolute atomic E-state index is 12.7. The lowest BCUT2D eigenvalue weighted by Crippen LogP contribution is -2.40. The van der Waals surface area contributed by atoms with E-state index in [9.17, 15) is 4.79 Å². The molecule has 0 radical (unpaired) electrons. The van der Waals surface area contributed by atoms with Crippen LogP contribution in [0.3, 0.4) is 0 Å². The van der Waals surface area contributed by atoms with Gasteiger partial charge in [0.1, 0.15) is 0 Å². The molecule has 0 atom stereocenters. The van der Waals surface area contributed by atoms with Gasteiger partial charge in [0.15, 0.2) is 5.16 Å². The van der Waals surface area contributed by atoms with Gasteiger partial charge < -0.3 is 9.80 Å². The molecule has 6 nitrogen and oxygen atoms in total. The molecule has 2 aliphatic carbocycles. The van der Waals surface area contributed by atoms with Crippen LogP contribution >= 0.6 is 11.8 Å². The van der Waals surface area contributed by atoms with Gasteiger partial charge in [0.05, 0.1) is 5.75 Å². The van der Waals surface area contributed by atoms with Crippen molar-refractivity contribution in [2.75, 3.05) is 30.8 Å². The number of carbonyl (C=O) groups excluding carboxylic acids is 1. The van der Waals surface area contributed by atoms with E-state index in [0.717, 1.165) is 43.0 Å². The molecule has 1 aromatic rings. The lowest BCUT2D eigenvalue weighted by molar-refractivity contribution is -0.129. The van der Waals surface area contributed by atoms with Crippen molar-refractivity contribution in [1.29, 1.82) is 0 Å². The Bertz CT molecular complexity index is 630. The van der Waals surface area contributed by atoms with E-state index in [0.29, 0.717) is 17.8 Å². The topological polar surface area (TPSA) is 54.3 Å². The maximum atomic E-state index is 12.7. The van der Waals surface area contributed by atoms with Crippen LogP contribution in [-0.4, -0.2) is 57.5 Å². The summed E-state index contributed by atoms with van der Waals surface area (Å²) in [6.45, 7) is 4.48. The van der Waals surface area contributed by atoms with Crippen LogP contribution in [0.1, 0.15) is 64.3 Å². The van der Waals surface area contributed by atoms with Gasteiger partial charge in [0.25, 0.3) is 0 Å². The van der Waals surface area contributed by atoms with Gasteiger partial charge in [-0.2, -0.15) is 0 Å². The number of hydrogen-bond acceptors (Lipinski definition) is 5. The van der Waals surface area contributed by atoms with Crippen LogP contribution in [0.25, 0.3) is 0 Å². The second-order valence-electron chi connectivity index (χ2n) is 8.28. The molecule has 1 saturated heterocycles. The average Bonchev–Trinajstić information content (AvgIpc) is 3.18. The Morgan fingerprint density at radius 1 is 1.12 bits per heavy atom. The summed E-state index contributed by atoms with van der Waals surface area (Å²) in [6.07, 6.45) is 9.67. The Hall–Kier alpha value is -1.24. The van der Waals surface area contributed by atoms with Crippen molar-refractivity contribution in [3.63, 3.8) is 0 Å². The minimum Gasteiger partial charge on any atom is -0.342 e. The SMILES string of the molecule is CC1CCC(N(C)C(=O)CSc2nnc(N3CCCC3)n2C2CC2)CC1. The molecule has 1 amide bonds. The van der Waals surface area contributed by atoms with E-state index in [1.807, 2.05) is 11.9 Å². The maximum Gasteiger partial charge on any atom is 0.233 e. The summed E-state index contributed by atoms with van der Waals surface area (Å²) in [5.74, 6) is 2.52. The van der Waals surface area contributed by atoms with Crippen molar-refractivity contribution >= 4 is 23.6 Å². The average molecular weight is 378 g/mol. The minimum absolute atomic E-state index is 0.225. The van der Waals surface area contributed by atoms with Crippen molar-refractivity contribution in [2.24, 2.45) is 5.92 Å². The highest BCUT2D eigenvalue weighted by atomic mass is 32.2. The molecule has 0 aromatic carbocycles. The first kappa shape index (κ1) is 18.1. The molecule has 3 fully saturated rings. The van der Waals surface area contributed by atoms with E-state index in [4.69, 9.17) is 0 Å². The van der Waals surface area contributed by atoms with Gasteiger partial charge in [-0.25, -0.2) is 0 Å².